The van der Waals surface area contributed by atoms with Crippen molar-refractivity contribution in [2.75, 3.05) is 5.32 Å². The van der Waals surface area contributed by atoms with Crippen molar-refractivity contribution in [3.63, 3.8) is 0 Å². The highest BCUT2D eigenvalue weighted by Gasteiger charge is 2.15. The molecule has 0 saturated heterocycles. The van der Waals surface area contributed by atoms with Gasteiger partial charge in [0.05, 0.1) is 11.4 Å². The fraction of sp³-hybridized carbons (Fsp3) is 0.375. The molecule has 0 bridgehead atoms. The Kier molecular flexibility index (Phi) is 4.36. The molecule has 7 heteroatoms. The highest BCUT2D eigenvalue weighted by Crippen LogP contribution is 2.18. The van der Waals surface area contributed by atoms with E-state index >= 15 is 0 Å². The van der Waals surface area contributed by atoms with Gasteiger partial charge in [-0.05, 0) is 35.4 Å². The largest absolute Gasteiger partial charge is 0.349 e. The van der Waals surface area contributed by atoms with Crippen LogP contribution in [0.15, 0.2) is 30.3 Å². The van der Waals surface area contributed by atoms with Crippen LogP contribution in [0.25, 0.3) is 5.69 Å². The molecule has 0 spiro atoms. The van der Waals surface area contributed by atoms with E-state index < -0.39 is 0 Å². The van der Waals surface area contributed by atoms with E-state index in [0.29, 0.717) is 12.5 Å². The summed E-state index contributed by atoms with van der Waals surface area (Å²) in [6.07, 6.45) is 1.86. The summed E-state index contributed by atoms with van der Waals surface area (Å²) in [6.45, 7) is 4.93. The van der Waals surface area contributed by atoms with Gasteiger partial charge < -0.3 is 5.32 Å². The van der Waals surface area contributed by atoms with E-state index in [1.807, 2.05) is 42.1 Å². The van der Waals surface area contributed by atoms with Crippen LogP contribution in [0.4, 0.5) is 5.95 Å². The van der Waals surface area contributed by atoms with Crippen molar-refractivity contribution in [3.8, 4) is 5.69 Å². The van der Waals surface area contributed by atoms with Crippen molar-refractivity contribution in [1.29, 1.82) is 0 Å². The van der Waals surface area contributed by atoms with E-state index in [1.54, 1.807) is 4.68 Å². The highest BCUT2D eigenvalue weighted by atomic mass is 15.6. The third kappa shape index (κ3) is 2.94. The van der Waals surface area contributed by atoms with Crippen LogP contribution in [-0.4, -0.2) is 30.0 Å². The molecule has 7 nitrogen and oxygen atoms in total. The first-order valence-electron chi connectivity index (χ1n) is 7.85. The van der Waals surface area contributed by atoms with E-state index in [4.69, 9.17) is 0 Å². The van der Waals surface area contributed by atoms with Crippen molar-refractivity contribution in [3.05, 3.63) is 47.3 Å². The maximum atomic E-state index is 4.60. The van der Waals surface area contributed by atoms with E-state index in [-0.39, 0.29) is 0 Å². The summed E-state index contributed by atoms with van der Waals surface area (Å²) >= 11 is 0. The number of tetrazole rings is 1. The molecule has 23 heavy (non-hydrogen) atoms. The number of para-hydroxylation sites is 1. The van der Waals surface area contributed by atoms with Gasteiger partial charge in [0.15, 0.2) is 0 Å². The maximum absolute atomic E-state index is 4.60. The van der Waals surface area contributed by atoms with Gasteiger partial charge in [-0.25, -0.2) is 0 Å². The minimum absolute atomic E-state index is 0.629. The predicted octanol–water partition coefficient (Wildman–Crippen LogP) is 2.13. The van der Waals surface area contributed by atoms with Crippen molar-refractivity contribution >= 4 is 5.95 Å². The highest BCUT2D eigenvalue weighted by molar-refractivity contribution is 5.40. The molecule has 0 aliphatic rings. The summed E-state index contributed by atoms with van der Waals surface area (Å²) in [6, 6.07) is 9.84. The first kappa shape index (κ1) is 15.2. The summed E-state index contributed by atoms with van der Waals surface area (Å²) in [5, 5.41) is 19.9. The van der Waals surface area contributed by atoms with Crippen LogP contribution in [0.3, 0.4) is 0 Å². The molecule has 0 saturated carbocycles. The molecule has 2 heterocycles. The molecule has 0 aliphatic carbocycles. The van der Waals surface area contributed by atoms with Gasteiger partial charge in [-0.2, -0.15) is 9.78 Å². The fourth-order valence-electron chi connectivity index (χ4n) is 2.80. The lowest BCUT2D eigenvalue weighted by Crippen LogP contribution is -2.09. The quantitative estimate of drug-likeness (QED) is 0.755. The van der Waals surface area contributed by atoms with Crippen LogP contribution >= 0.6 is 0 Å². The Morgan fingerprint density at radius 2 is 1.87 bits per heavy atom. The van der Waals surface area contributed by atoms with Gasteiger partial charge >= 0.3 is 0 Å². The Bertz CT molecular complexity index is 773. The van der Waals surface area contributed by atoms with Crippen LogP contribution in [-0.2, 0) is 26.4 Å². The van der Waals surface area contributed by atoms with E-state index in [0.717, 1.165) is 24.2 Å². The molecule has 0 unspecified atom stereocenters. The normalized spacial score (nSPS) is 10.9. The molecule has 1 aromatic carbocycles. The fourth-order valence-corrected chi connectivity index (χ4v) is 2.80. The summed E-state index contributed by atoms with van der Waals surface area (Å²) in [7, 11) is 2.00. The molecule has 0 aliphatic heterocycles. The SMILES string of the molecule is CCc1nn(C)c(CC)c1CNc1nnnn1-c1ccccc1. The summed E-state index contributed by atoms with van der Waals surface area (Å²) in [4.78, 5) is 0. The predicted molar refractivity (Wildman–Crippen MR) is 88.4 cm³/mol. The zero-order valence-electron chi connectivity index (χ0n) is 13.7. The van der Waals surface area contributed by atoms with Gasteiger partial charge in [-0.1, -0.05) is 37.1 Å². The maximum Gasteiger partial charge on any atom is 0.248 e. The van der Waals surface area contributed by atoms with Crippen LogP contribution < -0.4 is 5.32 Å². The van der Waals surface area contributed by atoms with E-state index in [9.17, 15) is 0 Å². The molecule has 120 valence electrons. The number of hydrogen-bond donors (Lipinski definition) is 1. The molecule has 2 aromatic heterocycles. The summed E-state index contributed by atoms with van der Waals surface area (Å²) in [5.74, 6) is 0.629. The lowest BCUT2D eigenvalue weighted by molar-refractivity contribution is 0.703. The third-order valence-electron chi connectivity index (χ3n) is 3.92. The molecule has 3 rings (SSSR count). The van der Waals surface area contributed by atoms with Crippen molar-refractivity contribution < 1.29 is 0 Å². The number of benzene rings is 1. The topological polar surface area (TPSA) is 73.5 Å². The van der Waals surface area contributed by atoms with Crippen LogP contribution in [0.5, 0.6) is 0 Å². The number of anilines is 1. The number of aromatic nitrogens is 6. The standard InChI is InChI=1S/C16H21N7/c1-4-14-13(15(5-2)22(3)19-14)11-17-16-18-20-21-23(16)12-9-7-6-8-10-12/h6-10H,4-5,11H2,1-3H3,(H,17,18,21). The average Bonchev–Trinajstić information content (AvgIpc) is 3.17. The zero-order chi connectivity index (χ0) is 16.2. The molecule has 0 amide bonds. The molecule has 0 radical (unpaired) electrons. The number of rotatable bonds is 6. The summed E-state index contributed by atoms with van der Waals surface area (Å²) in [5.41, 5.74) is 4.53. The molecule has 3 aromatic rings. The van der Waals surface area contributed by atoms with E-state index in [1.165, 1.54) is 11.3 Å². The monoisotopic (exact) mass is 311 g/mol. The van der Waals surface area contributed by atoms with Crippen molar-refractivity contribution in [1.82, 2.24) is 30.0 Å². The van der Waals surface area contributed by atoms with Gasteiger partial charge in [0, 0.05) is 24.8 Å². The Balaban J connectivity index is 1.84. The second-order valence-electron chi connectivity index (χ2n) is 5.31. The zero-order valence-corrected chi connectivity index (χ0v) is 13.7. The third-order valence-corrected chi connectivity index (χ3v) is 3.92. The van der Waals surface area contributed by atoms with Gasteiger partial charge in [0.2, 0.25) is 5.95 Å². The average molecular weight is 311 g/mol. The Labute approximate surface area is 135 Å². The Morgan fingerprint density at radius 1 is 1.09 bits per heavy atom. The van der Waals surface area contributed by atoms with E-state index in [2.05, 4.69) is 39.8 Å². The lowest BCUT2D eigenvalue weighted by Gasteiger charge is -2.08. The van der Waals surface area contributed by atoms with Crippen molar-refractivity contribution in [2.24, 2.45) is 7.05 Å². The lowest BCUT2D eigenvalue weighted by atomic mass is 10.1. The minimum atomic E-state index is 0.629. The van der Waals surface area contributed by atoms with Gasteiger partial charge in [0.1, 0.15) is 0 Å². The van der Waals surface area contributed by atoms with Crippen LogP contribution in [0.2, 0.25) is 0 Å². The van der Waals surface area contributed by atoms with Crippen LogP contribution in [0, 0.1) is 0 Å². The van der Waals surface area contributed by atoms with Crippen LogP contribution in [0.1, 0.15) is 30.8 Å². The van der Waals surface area contributed by atoms with Gasteiger partial charge in [0.25, 0.3) is 0 Å². The van der Waals surface area contributed by atoms with Gasteiger partial charge in [-0.3, -0.25) is 4.68 Å². The number of aryl methyl sites for hydroxylation is 2. The first-order valence-corrected chi connectivity index (χ1v) is 7.85. The second-order valence-corrected chi connectivity index (χ2v) is 5.31. The summed E-state index contributed by atoms with van der Waals surface area (Å²) < 4.78 is 3.67. The Morgan fingerprint density at radius 3 is 2.57 bits per heavy atom. The minimum Gasteiger partial charge on any atom is -0.349 e. The first-order chi connectivity index (χ1) is 11.2. The van der Waals surface area contributed by atoms with Crippen molar-refractivity contribution in [2.45, 2.75) is 33.2 Å². The second kappa shape index (κ2) is 6.60. The number of nitrogens with one attached hydrogen (secondary N) is 1. The molecular formula is C16H21N7. The van der Waals surface area contributed by atoms with Gasteiger partial charge in [-0.15, -0.1) is 0 Å². The molecule has 1 N–H and O–H groups in total. The number of hydrogen-bond acceptors (Lipinski definition) is 5. The molecular weight excluding hydrogens is 290 g/mol. The smallest absolute Gasteiger partial charge is 0.248 e. The Hall–Kier alpha value is -2.70. The molecule has 0 atom stereocenters. The number of nitrogens with zero attached hydrogens (tertiary/aromatic N) is 6. The molecule has 0 fully saturated rings.